The first-order valence-electron chi connectivity index (χ1n) is 3.64. The number of aromatic amines is 1. The number of rotatable bonds is 2. The van der Waals surface area contributed by atoms with Gasteiger partial charge in [0.25, 0.3) is 0 Å². The third-order valence-corrected chi connectivity index (χ3v) is 1.97. The van der Waals surface area contributed by atoms with Crippen LogP contribution in [-0.4, -0.2) is 18.1 Å². The molecule has 12 heavy (non-hydrogen) atoms. The van der Waals surface area contributed by atoms with Crippen LogP contribution >= 0.6 is 11.6 Å². The second-order valence-electron chi connectivity index (χ2n) is 2.37. The van der Waals surface area contributed by atoms with Crippen LogP contribution in [0.25, 0.3) is 0 Å². The second-order valence-corrected chi connectivity index (χ2v) is 2.75. The molecule has 0 amide bonds. The molecule has 0 unspecified atom stereocenters. The lowest BCUT2D eigenvalue weighted by Crippen LogP contribution is -2.00. The van der Waals surface area contributed by atoms with Gasteiger partial charge in [0.2, 0.25) is 0 Å². The van der Waals surface area contributed by atoms with Crippen molar-refractivity contribution in [3.63, 3.8) is 0 Å². The standard InChI is InChI=1S/C8H10ClNO2/c1-3-5-4-6(8(11)12-2)10-7(5)9/h4,10H,3H2,1-2H3. The molecule has 0 atom stereocenters. The number of aryl methyl sites for hydroxylation is 1. The molecule has 1 rings (SSSR count). The van der Waals surface area contributed by atoms with Crippen molar-refractivity contribution in [2.24, 2.45) is 0 Å². The quantitative estimate of drug-likeness (QED) is 0.720. The Balaban J connectivity index is 2.96. The van der Waals surface area contributed by atoms with Gasteiger partial charge in [-0.1, -0.05) is 18.5 Å². The van der Waals surface area contributed by atoms with Crippen molar-refractivity contribution in [2.45, 2.75) is 13.3 Å². The van der Waals surface area contributed by atoms with Crippen LogP contribution in [0.2, 0.25) is 5.15 Å². The van der Waals surface area contributed by atoms with Crippen LogP contribution in [0.3, 0.4) is 0 Å². The van der Waals surface area contributed by atoms with Gasteiger partial charge < -0.3 is 9.72 Å². The third-order valence-electron chi connectivity index (χ3n) is 1.63. The molecule has 0 aliphatic rings. The lowest BCUT2D eigenvalue weighted by Gasteiger charge is -1.91. The van der Waals surface area contributed by atoms with Crippen LogP contribution in [0.4, 0.5) is 0 Å². The number of hydrogen-bond acceptors (Lipinski definition) is 2. The van der Waals surface area contributed by atoms with E-state index >= 15 is 0 Å². The van der Waals surface area contributed by atoms with Gasteiger partial charge in [-0.3, -0.25) is 0 Å². The van der Waals surface area contributed by atoms with Crippen molar-refractivity contribution >= 4 is 17.6 Å². The highest BCUT2D eigenvalue weighted by Crippen LogP contribution is 2.17. The Labute approximate surface area is 75.7 Å². The highest BCUT2D eigenvalue weighted by atomic mass is 35.5. The summed E-state index contributed by atoms with van der Waals surface area (Å²) in [4.78, 5) is 13.7. The molecule has 4 heteroatoms. The average molecular weight is 188 g/mol. The highest BCUT2D eigenvalue weighted by molar-refractivity contribution is 6.30. The lowest BCUT2D eigenvalue weighted by atomic mass is 10.2. The summed E-state index contributed by atoms with van der Waals surface area (Å²) in [6.45, 7) is 1.97. The summed E-state index contributed by atoms with van der Waals surface area (Å²) in [5.41, 5.74) is 1.33. The first kappa shape index (κ1) is 9.13. The number of hydrogen-bond donors (Lipinski definition) is 1. The molecule has 0 aliphatic heterocycles. The number of methoxy groups -OCH3 is 1. The maximum atomic E-state index is 11.0. The number of H-pyrrole nitrogens is 1. The Hall–Kier alpha value is -0.960. The summed E-state index contributed by atoms with van der Waals surface area (Å²) in [5.74, 6) is -0.392. The molecule has 1 N–H and O–H groups in total. The van der Waals surface area contributed by atoms with Crippen molar-refractivity contribution in [1.82, 2.24) is 4.98 Å². The Morgan fingerprint density at radius 3 is 2.83 bits per heavy atom. The minimum Gasteiger partial charge on any atom is -0.464 e. The van der Waals surface area contributed by atoms with Crippen molar-refractivity contribution in [3.05, 3.63) is 22.5 Å². The van der Waals surface area contributed by atoms with Gasteiger partial charge >= 0.3 is 5.97 Å². The van der Waals surface area contributed by atoms with E-state index in [9.17, 15) is 4.79 Å². The number of ether oxygens (including phenoxy) is 1. The molecule has 3 nitrogen and oxygen atoms in total. The van der Waals surface area contributed by atoms with E-state index < -0.39 is 5.97 Å². The summed E-state index contributed by atoms with van der Waals surface area (Å²) >= 11 is 5.78. The third kappa shape index (κ3) is 1.61. The Bertz CT molecular complexity index is 293. The van der Waals surface area contributed by atoms with Crippen LogP contribution in [-0.2, 0) is 11.2 Å². The molecule has 0 aliphatic carbocycles. The second kappa shape index (κ2) is 3.63. The Morgan fingerprint density at radius 1 is 1.75 bits per heavy atom. The number of aromatic nitrogens is 1. The normalized spacial score (nSPS) is 9.92. The predicted octanol–water partition coefficient (Wildman–Crippen LogP) is 2.02. The zero-order chi connectivity index (χ0) is 9.14. The van der Waals surface area contributed by atoms with Gasteiger partial charge in [0.05, 0.1) is 7.11 Å². The zero-order valence-electron chi connectivity index (χ0n) is 6.98. The Morgan fingerprint density at radius 2 is 2.42 bits per heavy atom. The van der Waals surface area contributed by atoms with Gasteiger partial charge in [-0.15, -0.1) is 0 Å². The minimum atomic E-state index is -0.392. The monoisotopic (exact) mass is 187 g/mol. The van der Waals surface area contributed by atoms with Crippen molar-refractivity contribution in [2.75, 3.05) is 7.11 Å². The molecule has 0 saturated heterocycles. The van der Waals surface area contributed by atoms with Crippen LogP contribution in [0.5, 0.6) is 0 Å². The van der Waals surface area contributed by atoms with Gasteiger partial charge in [-0.05, 0) is 18.1 Å². The summed E-state index contributed by atoms with van der Waals surface area (Å²) in [5, 5.41) is 0.512. The van der Waals surface area contributed by atoms with E-state index in [1.54, 1.807) is 6.07 Å². The average Bonchev–Trinajstić information content (AvgIpc) is 2.45. The van der Waals surface area contributed by atoms with Gasteiger partial charge in [-0.2, -0.15) is 0 Å². The number of nitrogens with one attached hydrogen (secondary N) is 1. The fourth-order valence-electron chi connectivity index (χ4n) is 0.949. The largest absolute Gasteiger partial charge is 0.464 e. The van der Waals surface area contributed by atoms with E-state index in [2.05, 4.69) is 9.72 Å². The number of halogens is 1. The van der Waals surface area contributed by atoms with Crippen molar-refractivity contribution in [1.29, 1.82) is 0 Å². The zero-order valence-corrected chi connectivity index (χ0v) is 7.73. The van der Waals surface area contributed by atoms with Crippen LogP contribution in [0.1, 0.15) is 23.0 Å². The molecule has 0 fully saturated rings. The fraction of sp³-hybridized carbons (Fsp3) is 0.375. The van der Waals surface area contributed by atoms with E-state index in [4.69, 9.17) is 11.6 Å². The Kier molecular flexibility index (Phi) is 2.76. The summed E-state index contributed by atoms with van der Waals surface area (Å²) in [6, 6.07) is 1.70. The first-order valence-corrected chi connectivity index (χ1v) is 4.02. The maximum absolute atomic E-state index is 11.0. The predicted molar refractivity (Wildman–Crippen MR) is 46.5 cm³/mol. The SMILES string of the molecule is CCc1cc(C(=O)OC)[nH]c1Cl. The number of carbonyl (C=O) groups excluding carboxylic acids is 1. The van der Waals surface area contributed by atoms with E-state index in [0.29, 0.717) is 10.8 Å². The molecule has 1 aromatic rings. The number of esters is 1. The molecule has 0 bridgehead atoms. The van der Waals surface area contributed by atoms with Gasteiger partial charge in [0.15, 0.2) is 0 Å². The molecule has 1 aromatic heterocycles. The topological polar surface area (TPSA) is 42.1 Å². The fourth-order valence-corrected chi connectivity index (χ4v) is 1.24. The van der Waals surface area contributed by atoms with Gasteiger partial charge in [0, 0.05) is 0 Å². The summed E-state index contributed by atoms with van der Waals surface area (Å²) in [7, 11) is 1.34. The molecule has 0 aromatic carbocycles. The maximum Gasteiger partial charge on any atom is 0.354 e. The van der Waals surface area contributed by atoms with Crippen LogP contribution in [0, 0.1) is 0 Å². The summed E-state index contributed by atoms with van der Waals surface area (Å²) < 4.78 is 4.52. The molecule has 66 valence electrons. The van der Waals surface area contributed by atoms with Gasteiger partial charge in [-0.25, -0.2) is 4.79 Å². The van der Waals surface area contributed by atoms with E-state index in [0.717, 1.165) is 12.0 Å². The molecule has 0 saturated carbocycles. The number of carbonyl (C=O) groups is 1. The molecule has 1 heterocycles. The molecule has 0 spiro atoms. The molecular formula is C8H10ClNO2. The smallest absolute Gasteiger partial charge is 0.354 e. The van der Waals surface area contributed by atoms with Crippen LogP contribution in [0.15, 0.2) is 6.07 Å². The van der Waals surface area contributed by atoms with Crippen molar-refractivity contribution in [3.8, 4) is 0 Å². The van der Waals surface area contributed by atoms with E-state index in [-0.39, 0.29) is 0 Å². The van der Waals surface area contributed by atoms with E-state index in [1.165, 1.54) is 7.11 Å². The first-order chi connectivity index (χ1) is 5.69. The minimum absolute atomic E-state index is 0.392. The van der Waals surface area contributed by atoms with Crippen LogP contribution < -0.4 is 0 Å². The molecular weight excluding hydrogens is 178 g/mol. The highest BCUT2D eigenvalue weighted by Gasteiger charge is 2.10. The van der Waals surface area contributed by atoms with E-state index in [1.807, 2.05) is 6.92 Å². The lowest BCUT2D eigenvalue weighted by molar-refractivity contribution is 0.0595. The summed E-state index contributed by atoms with van der Waals surface area (Å²) in [6.07, 6.45) is 0.798. The molecule has 0 radical (unpaired) electrons. The van der Waals surface area contributed by atoms with Crippen molar-refractivity contribution < 1.29 is 9.53 Å². The van der Waals surface area contributed by atoms with Gasteiger partial charge in [0.1, 0.15) is 10.8 Å².